The van der Waals surface area contributed by atoms with E-state index in [9.17, 15) is 14.0 Å². The highest BCUT2D eigenvalue weighted by Gasteiger charge is 2.10. The Labute approximate surface area is 107 Å². The molecule has 1 rings (SSSR count). The lowest BCUT2D eigenvalue weighted by Gasteiger charge is -2.07. The first-order valence-corrected chi connectivity index (χ1v) is 5.56. The zero-order chi connectivity index (χ0) is 12.8. The number of carbonyl (C=O) groups excluding carboxylic acids is 2. The molecule has 0 spiro atoms. The number of rotatable bonds is 3. The van der Waals surface area contributed by atoms with E-state index >= 15 is 0 Å². The van der Waals surface area contributed by atoms with Gasteiger partial charge in [-0.15, -0.1) is 11.6 Å². The zero-order valence-corrected chi connectivity index (χ0v) is 10.1. The third-order valence-electron chi connectivity index (χ3n) is 1.75. The van der Waals surface area contributed by atoms with Crippen LogP contribution in [0.4, 0.5) is 14.9 Å². The molecule has 4 nitrogen and oxygen atoms in total. The largest absolute Gasteiger partial charge is 0.325 e. The van der Waals surface area contributed by atoms with Crippen molar-refractivity contribution >= 4 is 40.8 Å². The second kappa shape index (κ2) is 6.42. The molecule has 0 aromatic heterocycles. The highest BCUT2D eigenvalue weighted by Crippen LogP contribution is 2.18. The van der Waals surface area contributed by atoms with E-state index in [-0.39, 0.29) is 23.0 Å². The van der Waals surface area contributed by atoms with Crippen LogP contribution in [0.3, 0.4) is 0 Å². The van der Waals surface area contributed by atoms with Gasteiger partial charge in [-0.3, -0.25) is 10.1 Å². The fourth-order valence-electron chi connectivity index (χ4n) is 1.02. The Bertz CT molecular complexity index is 440. The van der Waals surface area contributed by atoms with E-state index in [1.165, 1.54) is 12.1 Å². The van der Waals surface area contributed by atoms with Crippen LogP contribution < -0.4 is 10.6 Å². The number of urea groups is 1. The van der Waals surface area contributed by atoms with Crippen LogP contribution in [-0.2, 0) is 4.79 Å². The molecule has 0 atom stereocenters. The second-order valence-corrected chi connectivity index (χ2v) is 3.88. The summed E-state index contributed by atoms with van der Waals surface area (Å²) in [6.45, 7) is 0. The summed E-state index contributed by atoms with van der Waals surface area (Å²) in [6.07, 6.45) is 0.0120. The van der Waals surface area contributed by atoms with Crippen LogP contribution in [0.2, 0.25) is 5.02 Å². The van der Waals surface area contributed by atoms with Crippen LogP contribution in [0, 0.1) is 5.82 Å². The van der Waals surface area contributed by atoms with Gasteiger partial charge in [-0.25, -0.2) is 9.18 Å². The number of alkyl halides is 1. The lowest BCUT2D eigenvalue weighted by Crippen LogP contribution is -2.34. The van der Waals surface area contributed by atoms with Gasteiger partial charge in [-0.05, 0) is 18.2 Å². The molecule has 92 valence electrons. The number of hydrogen-bond acceptors (Lipinski definition) is 2. The Kier molecular flexibility index (Phi) is 5.18. The van der Waals surface area contributed by atoms with Gasteiger partial charge in [0.25, 0.3) is 0 Å². The van der Waals surface area contributed by atoms with Gasteiger partial charge in [-0.1, -0.05) is 11.6 Å². The molecule has 0 aliphatic heterocycles. The SMILES string of the molecule is O=C(CCCl)NC(=O)Nc1ccc(Cl)cc1F. The van der Waals surface area contributed by atoms with E-state index in [0.717, 1.165) is 6.07 Å². The maximum absolute atomic E-state index is 13.3. The molecule has 7 heteroatoms. The average molecular weight is 279 g/mol. The van der Waals surface area contributed by atoms with E-state index in [1.54, 1.807) is 0 Å². The van der Waals surface area contributed by atoms with Crippen molar-refractivity contribution in [3.05, 3.63) is 29.0 Å². The molecule has 1 aromatic rings. The van der Waals surface area contributed by atoms with Crippen molar-refractivity contribution in [3.63, 3.8) is 0 Å². The fourth-order valence-corrected chi connectivity index (χ4v) is 1.35. The highest BCUT2D eigenvalue weighted by atomic mass is 35.5. The van der Waals surface area contributed by atoms with Crippen LogP contribution in [-0.4, -0.2) is 17.8 Å². The van der Waals surface area contributed by atoms with Gasteiger partial charge in [0.1, 0.15) is 5.82 Å². The first-order chi connectivity index (χ1) is 8.02. The van der Waals surface area contributed by atoms with Crippen molar-refractivity contribution in [2.75, 3.05) is 11.2 Å². The average Bonchev–Trinajstić information content (AvgIpc) is 2.22. The van der Waals surface area contributed by atoms with Crippen LogP contribution in [0.15, 0.2) is 18.2 Å². The van der Waals surface area contributed by atoms with Crippen LogP contribution in [0.5, 0.6) is 0 Å². The van der Waals surface area contributed by atoms with Gasteiger partial charge in [0.05, 0.1) is 5.69 Å². The third kappa shape index (κ3) is 4.58. The van der Waals surface area contributed by atoms with Crippen LogP contribution in [0.25, 0.3) is 0 Å². The minimum absolute atomic E-state index is 0.0120. The molecule has 2 N–H and O–H groups in total. The van der Waals surface area contributed by atoms with Gasteiger partial charge in [0, 0.05) is 17.3 Å². The lowest BCUT2D eigenvalue weighted by atomic mass is 10.3. The third-order valence-corrected chi connectivity index (χ3v) is 2.18. The number of halogens is 3. The summed E-state index contributed by atoms with van der Waals surface area (Å²) >= 11 is 10.9. The van der Waals surface area contributed by atoms with Gasteiger partial charge in [0.2, 0.25) is 5.91 Å². The summed E-state index contributed by atoms with van der Waals surface area (Å²) in [5, 5.41) is 4.39. The molecule has 3 amide bonds. The minimum atomic E-state index is -0.818. The summed E-state index contributed by atoms with van der Waals surface area (Å²) in [7, 11) is 0. The monoisotopic (exact) mass is 278 g/mol. The number of nitrogens with one attached hydrogen (secondary N) is 2. The smallest absolute Gasteiger partial charge is 0.305 e. The Hall–Kier alpha value is -1.33. The van der Waals surface area contributed by atoms with Crippen molar-refractivity contribution in [3.8, 4) is 0 Å². The minimum Gasteiger partial charge on any atom is -0.305 e. The van der Waals surface area contributed by atoms with Crippen molar-refractivity contribution in [1.29, 1.82) is 0 Å². The first kappa shape index (κ1) is 13.7. The van der Waals surface area contributed by atoms with Gasteiger partial charge >= 0.3 is 6.03 Å². The van der Waals surface area contributed by atoms with E-state index < -0.39 is 17.8 Å². The van der Waals surface area contributed by atoms with Gasteiger partial charge in [-0.2, -0.15) is 0 Å². The summed E-state index contributed by atoms with van der Waals surface area (Å²) in [5.41, 5.74) is -0.0643. The highest BCUT2D eigenvalue weighted by molar-refractivity contribution is 6.30. The van der Waals surface area contributed by atoms with Crippen LogP contribution in [0.1, 0.15) is 6.42 Å². The Morgan fingerprint density at radius 2 is 2.06 bits per heavy atom. The van der Waals surface area contributed by atoms with E-state index in [1.807, 2.05) is 5.32 Å². The number of benzene rings is 1. The number of hydrogen-bond donors (Lipinski definition) is 2. The van der Waals surface area contributed by atoms with Crippen LogP contribution >= 0.6 is 23.2 Å². The van der Waals surface area contributed by atoms with Crippen molar-refractivity contribution < 1.29 is 14.0 Å². The molecular formula is C10H9Cl2FN2O2. The summed E-state index contributed by atoms with van der Waals surface area (Å²) in [4.78, 5) is 22.3. The van der Waals surface area contributed by atoms with E-state index in [4.69, 9.17) is 23.2 Å². The van der Waals surface area contributed by atoms with E-state index in [2.05, 4.69) is 5.32 Å². The standard InChI is InChI=1S/C10H9Cl2FN2O2/c11-4-3-9(16)15-10(17)14-8-2-1-6(12)5-7(8)13/h1-2,5H,3-4H2,(H2,14,15,16,17). The number of imide groups is 1. The Morgan fingerprint density at radius 1 is 1.35 bits per heavy atom. The quantitative estimate of drug-likeness (QED) is 0.836. The molecule has 0 aliphatic carbocycles. The topological polar surface area (TPSA) is 58.2 Å². The number of amides is 3. The van der Waals surface area contributed by atoms with Crippen molar-refractivity contribution in [1.82, 2.24) is 5.32 Å². The molecule has 1 aromatic carbocycles. The predicted molar refractivity (Wildman–Crippen MR) is 63.9 cm³/mol. The van der Waals surface area contributed by atoms with E-state index in [0.29, 0.717) is 0 Å². The Morgan fingerprint density at radius 3 is 2.65 bits per heavy atom. The van der Waals surface area contributed by atoms with Gasteiger partial charge < -0.3 is 5.32 Å². The van der Waals surface area contributed by atoms with Crippen molar-refractivity contribution in [2.24, 2.45) is 0 Å². The summed E-state index contributed by atoms with van der Waals surface area (Å²) < 4.78 is 13.3. The fraction of sp³-hybridized carbons (Fsp3) is 0.200. The van der Waals surface area contributed by atoms with Gasteiger partial charge in [0.15, 0.2) is 0 Å². The molecule has 0 heterocycles. The zero-order valence-electron chi connectivity index (χ0n) is 8.60. The lowest BCUT2D eigenvalue weighted by molar-refractivity contribution is -0.119. The Balaban J connectivity index is 2.59. The summed E-state index contributed by atoms with van der Waals surface area (Å²) in [5.74, 6) is -1.11. The second-order valence-electron chi connectivity index (χ2n) is 3.07. The molecule has 17 heavy (non-hydrogen) atoms. The maximum atomic E-state index is 13.3. The van der Waals surface area contributed by atoms with Crippen molar-refractivity contribution in [2.45, 2.75) is 6.42 Å². The number of carbonyl (C=O) groups is 2. The molecule has 0 saturated heterocycles. The molecule has 0 aliphatic rings. The molecule has 0 saturated carbocycles. The molecule has 0 fully saturated rings. The normalized spacial score (nSPS) is 9.82. The molecule has 0 unspecified atom stereocenters. The molecule has 0 radical (unpaired) electrons. The molecular weight excluding hydrogens is 270 g/mol. The molecule has 0 bridgehead atoms. The first-order valence-electron chi connectivity index (χ1n) is 4.65. The predicted octanol–water partition coefficient (Wildman–Crippen LogP) is 2.76. The maximum Gasteiger partial charge on any atom is 0.325 e. The summed E-state index contributed by atoms with van der Waals surface area (Å²) in [6, 6.07) is 2.95. The number of anilines is 1.